The summed E-state index contributed by atoms with van der Waals surface area (Å²) in [5, 5.41) is 13.1. The first-order chi connectivity index (χ1) is 14.6. The highest BCUT2D eigenvalue weighted by atomic mass is 35.5. The summed E-state index contributed by atoms with van der Waals surface area (Å²) in [5.74, 6) is 1.54. The first kappa shape index (κ1) is 19.6. The van der Waals surface area contributed by atoms with Crippen molar-refractivity contribution in [2.45, 2.75) is 55.0 Å². The monoisotopic (exact) mass is 438 g/mol. The number of halogens is 1. The maximum absolute atomic E-state index is 13.3. The van der Waals surface area contributed by atoms with Gasteiger partial charge in [-0.15, -0.1) is 10.2 Å². The number of carbonyl (C=O) groups excluding carboxylic acids is 1. The lowest BCUT2D eigenvalue weighted by atomic mass is 10.1. The van der Waals surface area contributed by atoms with E-state index in [4.69, 9.17) is 11.6 Å². The number of aromatic nitrogens is 3. The van der Waals surface area contributed by atoms with Gasteiger partial charge in [0, 0.05) is 22.7 Å². The minimum absolute atomic E-state index is 0.0931. The van der Waals surface area contributed by atoms with Crippen molar-refractivity contribution >= 4 is 35.0 Å². The molecule has 3 aromatic rings. The lowest BCUT2D eigenvalue weighted by Gasteiger charge is -2.18. The van der Waals surface area contributed by atoms with Crippen LogP contribution < -0.4 is 5.32 Å². The first-order valence-electron chi connectivity index (χ1n) is 10.3. The molecule has 1 aromatic heterocycles. The third-order valence-corrected chi connectivity index (χ3v) is 7.17. The zero-order valence-corrected chi connectivity index (χ0v) is 18.3. The summed E-state index contributed by atoms with van der Waals surface area (Å²) >= 11 is 7.73. The Morgan fingerprint density at radius 2 is 1.90 bits per heavy atom. The Balaban J connectivity index is 1.44. The van der Waals surface area contributed by atoms with Gasteiger partial charge in [-0.3, -0.25) is 4.79 Å². The van der Waals surface area contributed by atoms with E-state index < -0.39 is 5.25 Å². The summed E-state index contributed by atoms with van der Waals surface area (Å²) in [6, 6.07) is 15.9. The molecular weight excluding hydrogens is 416 g/mol. The van der Waals surface area contributed by atoms with E-state index in [0.717, 1.165) is 34.9 Å². The summed E-state index contributed by atoms with van der Waals surface area (Å²) in [7, 11) is 0. The first-order valence-corrected chi connectivity index (χ1v) is 11.6. The molecule has 5 nitrogen and oxygen atoms in total. The van der Waals surface area contributed by atoms with Crippen LogP contribution in [0.2, 0.25) is 5.02 Å². The Kier molecular flexibility index (Phi) is 5.29. The molecule has 2 aromatic carbocycles. The van der Waals surface area contributed by atoms with Crippen molar-refractivity contribution in [3.05, 3.63) is 70.5 Å². The fraction of sp³-hybridized carbons (Fsp3) is 0.348. The van der Waals surface area contributed by atoms with Gasteiger partial charge in [0.2, 0.25) is 5.91 Å². The molecule has 154 valence electrons. The third kappa shape index (κ3) is 4.12. The van der Waals surface area contributed by atoms with Gasteiger partial charge >= 0.3 is 0 Å². The molecule has 2 aliphatic rings. The lowest BCUT2D eigenvalue weighted by Crippen LogP contribution is -2.19. The number of aryl methyl sites for hydroxylation is 1. The van der Waals surface area contributed by atoms with E-state index in [-0.39, 0.29) is 5.91 Å². The second kappa shape index (κ2) is 8.08. The van der Waals surface area contributed by atoms with Crippen LogP contribution in [-0.4, -0.2) is 20.7 Å². The van der Waals surface area contributed by atoms with Crippen molar-refractivity contribution in [1.29, 1.82) is 0 Å². The predicted molar refractivity (Wildman–Crippen MR) is 120 cm³/mol. The van der Waals surface area contributed by atoms with E-state index in [0.29, 0.717) is 22.7 Å². The second-order valence-electron chi connectivity index (χ2n) is 8.08. The van der Waals surface area contributed by atoms with Crippen molar-refractivity contribution in [3.8, 4) is 0 Å². The van der Waals surface area contributed by atoms with Gasteiger partial charge in [-0.1, -0.05) is 59.8 Å². The molecule has 5 rings (SSSR count). The molecule has 1 N–H and O–H groups in total. The molecular formula is C23H23ClN4OS. The van der Waals surface area contributed by atoms with Crippen LogP contribution in [0.25, 0.3) is 0 Å². The van der Waals surface area contributed by atoms with Crippen molar-refractivity contribution in [3.63, 3.8) is 0 Å². The van der Waals surface area contributed by atoms with E-state index >= 15 is 0 Å². The molecule has 0 bridgehead atoms. The van der Waals surface area contributed by atoms with E-state index in [2.05, 4.69) is 20.1 Å². The van der Waals surface area contributed by atoms with Crippen molar-refractivity contribution in [1.82, 2.24) is 14.8 Å². The summed E-state index contributed by atoms with van der Waals surface area (Å²) in [6.07, 6.45) is 4.70. The van der Waals surface area contributed by atoms with Gasteiger partial charge in [-0.2, -0.15) is 0 Å². The Hall–Kier alpha value is -2.31. The summed E-state index contributed by atoms with van der Waals surface area (Å²) in [5.41, 5.74) is 2.62. The second-order valence-corrected chi connectivity index (χ2v) is 9.56. The van der Waals surface area contributed by atoms with Crippen LogP contribution >= 0.6 is 23.4 Å². The Bertz CT molecular complexity index is 1080. The number of nitrogens with one attached hydrogen (secondary N) is 1. The molecule has 30 heavy (non-hydrogen) atoms. The largest absolute Gasteiger partial charge is 0.325 e. The number of hydrogen-bond donors (Lipinski definition) is 1. The normalized spacial score (nSPS) is 17.0. The van der Waals surface area contributed by atoms with Gasteiger partial charge in [0.05, 0.1) is 0 Å². The zero-order chi connectivity index (χ0) is 20.7. The number of hydrogen-bond acceptors (Lipinski definition) is 4. The van der Waals surface area contributed by atoms with Gasteiger partial charge in [0.15, 0.2) is 5.16 Å². The van der Waals surface area contributed by atoms with E-state index in [9.17, 15) is 4.79 Å². The lowest BCUT2D eigenvalue weighted by molar-refractivity contribution is -0.115. The van der Waals surface area contributed by atoms with Crippen LogP contribution in [0.5, 0.6) is 0 Å². The molecule has 0 unspecified atom stereocenters. The molecule has 2 aliphatic carbocycles. The Morgan fingerprint density at radius 3 is 2.57 bits per heavy atom. The third-order valence-electron chi connectivity index (χ3n) is 5.55. The minimum Gasteiger partial charge on any atom is -0.325 e. The minimum atomic E-state index is -0.431. The number of anilines is 1. The average molecular weight is 439 g/mol. The number of carbonyl (C=O) groups is 1. The van der Waals surface area contributed by atoms with Gasteiger partial charge < -0.3 is 9.88 Å². The summed E-state index contributed by atoms with van der Waals surface area (Å²) < 4.78 is 2.29. The maximum atomic E-state index is 13.3. The van der Waals surface area contributed by atoms with Gasteiger partial charge in [-0.25, -0.2) is 0 Å². The maximum Gasteiger partial charge on any atom is 0.242 e. The summed E-state index contributed by atoms with van der Waals surface area (Å²) in [6.45, 7) is 1.94. The molecule has 2 saturated carbocycles. The highest BCUT2D eigenvalue weighted by molar-refractivity contribution is 8.00. The SMILES string of the molecule is Cc1ccc(NC(=O)[C@@H](Sc2nnc(C3CC3)n2C2CC2)c2ccccc2)cc1Cl. The number of thioether (sulfide) groups is 1. The van der Waals surface area contributed by atoms with Crippen LogP contribution in [0.3, 0.4) is 0 Å². The van der Waals surface area contributed by atoms with Crippen molar-refractivity contribution in [2.24, 2.45) is 0 Å². The van der Waals surface area contributed by atoms with Crippen LogP contribution in [-0.2, 0) is 4.79 Å². The molecule has 0 spiro atoms. The predicted octanol–water partition coefficient (Wildman–Crippen LogP) is 5.92. The average Bonchev–Trinajstić information content (AvgIpc) is 3.68. The standard InChI is InChI=1S/C23H23ClN4OS/c1-14-7-10-17(13-19(14)24)25-22(29)20(15-5-3-2-4-6-15)30-23-27-26-21(16-8-9-16)28(23)18-11-12-18/h2-7,10,13,16,18,20H,8-9,11-12H2,1H3,(H,25,29)/t20-/m0/s1. The van der Waals surface area contributed by atoms with E-state index in [1.165, 1.54) is 24.6 Å². The molecule has 0 saturated heterocycles. The zero-order valence-electron chi connectivity index (χ0n) is 16.7. The molecule has 7 heteroatoms. The highest BCUT2D eigenvalue weighted by Crippen LogP contribution is 2.47. The quantitative estimate of drug-likeness (QED) is 0.465. The molecule has 1 atom stereocenters. The van der Waals surface area contributed by atoms with E-state index in [1.807, 2.05) is 49.4 Å². The Labute approximate surface area is 185 Å². The van der Waals surface area contributed by atoms with Crippen molar-refractivity contribution < 1.29 is 4.79 Å². The summed E-state index contributed by atoms with van der Waals surface area (Å²) in [4.78, 5) is 13.3. The van der Waals surface area contributed by atoms with E-state index in [1.54, 1.807) is 6.07 Å². The number of amides is 1. The molecule has 1 heterocycles. The molecule has 0 aliphatic heterocycles. The number of rotatable bonds is 7. The molecule has 2 fully saturated rings. The fourth-order valence-corrected chi connectivity index (χ4v) is 4.84. The number of benzene rings is 2. The molecule has 1 amide bonds. The topological polar surface area (TPSA) is 59.8 Å². The van der Waals surface area contributed by atoms with Crippen LogP contribution in [0.15, 0.2) is 53.7 Å². The van der Waals surface area contributed by atoms with Gasteiger partial charge in [0.1, 0.15) is 11.1 Å². The molecule has 0 radical (unpaired) electrons. The van der Waals surface area contributed by atoms with Gasteiger partial charge in [-0.05, 0) is 55.9 Å². The van der Waals surface area contributed by atoms with Crippen molar-refractivity contribution in [2.75, 3.05) is 5.32 Å². The number of nitrogens with zero attached hydrogens (tertiary/aromatic N) is 3. The van der Waals surface area contributed by atoms with Crippen LogP contribution in [0.4, 0.5) is 5.69 Å². The van der Waals surface area contributed by atoms with Crippen LogP contribution in [0.1, 0.15) is 59.8 Å². The van der Waals surface area contributed by atoms with Crippen LogP contribution in [0, 0.1) is 6.92 Å². The fourth-order valence-electron chi connectivity index (χ4n) is 3.55. The Morgan fingerprint density at radius 1 is 1.13 bits per heavy atom. The smallest absolute Gasteiger partial charge is 0.242 e. The van der Waals surface area contributed by atoms with Gasteiger partial charge in [0.25, 0.3) is 0 Å². The highest BCUT2D eigenvalue weighted by Gasteiger charge is 2.37.